The molecule has 0 aliphatic carbocycles. The lowest BCUT2D eigenvalue weighted by atomic mass is 9.93. The molecule has 0 spiro atoms. The van der Waals surface area contributed by atoms with Gasteiger partial charge in [-0.25, -0.2) is 4.52 Å². The fourth-order valence-corrected chi connectivity index (χ4v) is 2.17. The normalized spacial score (nSPS) is 15.0. The van der Waals surface area contributed by atoms with E-state index in [2.05, 4.69) is 36.2 Å². The Bertz CT molecular complexity index is 477. The number of hydrogen-bond donors (Lipinski definition) is 1. The maximum atomic E-state index is 4.38. The van der Waals surface area contributed by atoms with E-state index in [1.807, 2.05) is 23.1 Å². The third kappa shape index (κ3) is 2.31. The molecule has 0 aliphatic rings. The first-order valence-corrected chi connectivity index (χ1v) is 6.28. The highest BCUT2D eigenvalue weighted by atomic mass is 15.2. The van der Waals surface area contributed by atoms with Crippen LogP contribution in [0.1, 0.15) is 38.8 Å². The van der Waals surface area contributed by atoms with Gasteiger partial charge >= 0.3 is 0 Å². The molecule has 2 aromatic heterocycles. The molecule has 0 saturated heterocycles. The molecule has 2 aromatic rings. The van der Waals surface area contributed by atoms with Crippen LogP contribution in [0.2, 0.25) is 0 Å². The summed E-state index contributed by atoms with van der Waals surface area (Å²) in [7, 11) is 0. The molecule has 0 aromatic carbocycles. The SMILES string of the molecule is CCNC(c1cnn2ccncc12)C(C)CC. The second-order valence-corrected chi connectivity index (χ2v) is 4.43. The highest BCUT2D eigenvalue weighted by Gasteiger charge is 2.20. The molecule has 0 saturated carbocycles. The Kier molecular flexibility index (Phi) is 3.74. The summed E-state index contributed by atoms with van der Waals surface area (Å²) < 4.78 is 1.88. The van der Waals surface area contributed by atoms with Crippen molar-refractivity contribution in [2.45, 2.75) is 33.2 Å². The molecule has 0 fully saturated rings. The molecule has 2 atom stereocenters. The lowest BCUT2D eigenvalue weighted by molar-refractivity contribution is 0.386. The van der Waals surface area contributed by atoms with Crippen LogP contribution in [0, 0.1) is 5.92 Å². The minimum absolute atomic E-state index is 0.353. The Morgan fingerprint density at radius 3 is 2.88 bits per heavy atom. The first-order chi connectivity index (χ1) is 8.27. The molecule has 0 radical (unpaired) electrons. The fourth-order valence-electron chi connectivity index (χ4n) is 2.17. The van der Waals surface area contributed by atoms with Gasteiger partial charge in [0.15, 0.2) is 0 Å². The molecule has 0 amide bonds. The summed E-state index contributed by atoms with van der Waals surface area (Å²) in [5.74, 6) is 0.586. The number of nitrogens with one attached hydrogen (secondary N) is 1. The summed E-state index contributed by atoms with van der Waals surface area (Å²) in [6.45, 7) is 7.60. The second-order valence-electron chi connectivity index (χ2n) is 4.43. The number of hydrogen-bond acceptors (Lipinski definition) is 3. The average Bonchev–Trinajstić information content (AvgIpc) is 2.79. The van der Waals surface area contributed by atoms with Crippen molar-refractivity contribution in [2.75, 3.05) is 6.54 Å². The minimum Gasteiger partial charge on any atom is -0.310 e. The molecule has 4 nitrogen and oxygen atoms in total. The molecular weight excluding hydrogens is 212 g/mol. The summed E-state index contributed by atoms with van der Waals surface area (Å²) in [4.78, 5) is 4.18. The maximum Gasteiger partial charge on any atom is 0.0892 e. The first kappa shape index (κ1) is 12.0. The highest BCUT2D eigenvalue weighted by molar-refractivity contribution is 5.53. The smallest absolute Gasteiger partial charge is 0.0892 e. The minimum atomic E-state index is 0.353. The Morgan fingerprint density at radius 1 is 1.35 bits per heavy atom. The molecule has 2 heterocycles. The Morgan fingerprint density at radius 2 is 2.18 bits per heavy atom. The van der Waals surface area contributed by atoms with E-state index in [1.54, 1.807) is 6.20 Å². The van der Waals surface area contributed by atoms with Crippen LogP contribution < -0.4 is 5.32 Å². The number of rotatable bonds is 5. The van der Waals surface area contributed by atoms with Crippen molar-refractivity contribution in [3.8, 4) is 0 Å². The molecule has 92 valence electrons. The van der Waals surface area contributed by atoms with Crippen LogP contribution in [0.3, 0.4) is 0 Å². The fraction of sp³-hybridized carbons (Fsp3) is 0.538. The van der Waals surface area contributed by atoms with E-state index < -0.39 is 0 Å². The monoisotopic (exact) mass is 232 g/mol. The zero-order chi connectivity index (χ0) is 12.3. The van der Waals surface area contributed by atoms with Gasteiger partial charge in [0.2, 0.25) is 0 Å². The summed E-state index contributed by atoms with van der Waals surface area (Å²) in [5, 5.41) is 7.92. The van der Waals surface area contributed by atoms with Crippen molar-refractivity contribution < 1.29 is 0 Å². The number of nitrogens with zero attached hydrogens (tertiary/aromatic N) is 3. The molecule has 2 unspecified atom stereocenters. The molecule has 0 aliphatic heterocycles. The van der Waals surface area contributed by atoms with Crippen LogP contribution in [0.5, 0.6) is 0 Å². The van der Waals surface area contributed by atoms with Gasteiger partial charge in [0, 0.05) is 24.0 Å². The summed E-state index contributed by atoms with van der Waals surface area (Å²) in [6, 6.07) is 0.353. The van der Waals surface area contributed by atoms with Crippen LogP contribution in [0.15, 0.2) is 24.8 Å². The maximum absolute atomic E-state index is 4.38. The van der Waals surface area contributed by atoms with E-state index in [9.17, 15) is 0 Å². The van der Waals surface area contributed by atoms with Crippen molar-refractivity contribution in [1.29, 1.82) is 0 Å². The van der Waals surface area contributed by atoms with Gasteiger partial charge in [0.05, 0.1) is 17.9 Å². The molecule has 0 bridgehead atoms. The highest BCUT2D eigenvalue weighted by Crippen LogP contribution is 2.27. The van der Waals surface area contributed by atoms with Crippen molar-refractivity contribution in [3.63, 3.8) is 0 Å². The zero-order valence-electron chi connectivity index (χ0n) is 10.7. The van der Waals surface area contributed by atoms with E-state index >= 15 is 0 Å². The predicted octanol–water partition coefficient (Wildman–Crippen LogP) is 2.43. The van der Waals surface area contributed by atoms with E-state index in [4.69, 9.17) is 0 Å². The van der Waals surface area contributed by atoms with E-state index in [0.29, 0.717) is 12.0 Å². The van der Waals surface area contributed by atoms with Gasteiger partial charge in [-0.2, -0.15) is 5.10 Å². The van der Waals surface area contributed by atoms with Crippen molar-refractivity contribution in [3.05, 3.63) is 30.4 Å². The third-order valence-corrected chi connectivity index (χ3v) is 3.33. The van der Waals surface area contributed by atoms with Gasteiger partial charge in [-0.05, 0) is 12.5 Å². The van der Waals surface area contributed by atoms with Crippen LogP contribution >= 0.6 is 0 Å². The van der Waals surface area contributed by atoms with Gasteiger partial charge in [-0.15, -0.1) is 0 Å². The lowest BCUT2D eigenvalue weighted by Gasteiger charge is -2.23. The van der Waals surface area contributed by atoms with E-state index in [0.717, 1.165) is 18.5 Å². The van der Waals surface area contributed by atoms with E-state index in [1.165, 1.54) is 5.56 Å². The second kappa shape index (κ2) is 5.27. The summed E-state index contributed by atoms with van der Waals surface area (Å²) in [6.07, 6.45) is 8.63. The van der Waals surface area contributed by atoms with Crippen LogP contribution in [0.25, 0.3) is 5.52 Å². The van der Waals surface area contributed by atoms with Crippen molar-refractivity contribution >= 4 is 5.52 Å². The largest absolute Gasteiger partial charge is 0.310 e. The Hall–Kier alpha value is -1.42. The van der Waals surface area contributed by atoms with E-state index in [-0.39, 0.29) is 0 Å². The van der Waals surface area contributed by atoms with Crippen molar-refractivity contribution in [1.82, 2.24) is 19.9 Å². The summed E-state index contributed by atoms with van der Waals surface area (Å²) >= 11 is 0. The first-order valence-electron chi connectivity index (χ1n) is 6.28. The molecular formula is C13H20N4. The number of aromatic nitrogens is 3. The van der Waals surface area contributed by atoms with Gasteiger partial charge in [0.25, 0.3) is 0 Å². The topological polar surface area (TPSA) is 42.2 Å². The van der Waals surface area contributed by atoms with Crippen LogP contribution in [0.4, 0.5) is 0 Å². The molecule has 4 heteroatoms. The summed E-state index contributed by atoms with van der Waals surface area (Å²) in [5.41, 5.74) is 2.34. The quantitative estimate of drug-likeness (QED) is 0.861. The third-order valence-electron chi connectivity index (χ3n) is 3.33. The molecule has 1 N–H and O–H groups in total. The van der Waals surface area contributed by atoms with Crippen LogP contribution in [-0.2, 0) is 0 Å². The van der Waals surface area contributed by atoms with Gasteiger partial charge < -0.3 is 5.32 Å². The Balaban J connectivity index is 2.41. The predicted molar refractivity (Wildman–Crippen MR) is 68.9 cm³/mol. The van der Waals surface area contributed by atoms with Gasteiger partial charge in [-0.1, -0.05) is 27.2 Å². The standard InChI is InChI=1S/C13H20N4/c1-4-10(3)13(15-5-2)11-8-16-17-7-6-14-9-12(11)17/h6-10,13,15H,4-5H2,1-3H3. The molecule has 2 rings (SSSR count). The average molecular weight is 232 g/mol. The lowest BCUT2D eigenvalue weighted by Crippen LogP contribution is -2.26. The van der Waals surface area contributed by atoms with Gasteiger partial charge in [-0.3, -0.25) is 4.98 Å². The van der Waals surface area contributed by atoms with Gasteiger partial charge in [0.1, 0.15) is 0 Å². The zero-order valence-corrected chi connectivity index (χ0v) is 10.7. The Labute approximate surface area is 102 Å². The molecule has 17 heavy (non-hydrogen) atoms. The van der Waals surface area contributed by atoms with Crippen molar-refractivity contribution in [2.24, 2.45) is 5.92 Å². The number of fused-ring (bicyclic) bond motifs is 1. The van der Waals surface area contributed by atoms with Crippen LogP contribution in [-0.4, -0.2) is 21.1 Å².